The highest BCUT2D eigenvalue weighted by Gasteiger charge is 2.18. The summed E-state index contributed by atoms with van der Waals surface area (Å²) in [5.41, 5.74) is 13.0. The molecule has 0 saturated heterocycles. The zero-order chi connectivity index (χ0) is 36.6. The van der Waals surface area contributed by atoms with E-state index in [0.717, 1.165) is 17.1 Å². The second-order valence-electron chi connectivity index (χ2n) is 14.1. The highest BCUT2D eigenvalue weighted by Crippen LogP contribution is 2.43. The van der Waals surface area contributed by atoms with Crippen LogP contribution in [0.2, 0.25) is 0 Å². The highest BCUT2D eigenvalue weighted by molar-refractivity contribution is 6.14. The van der Waals surface area contributed by atoms with Gasteiger partial charge >= 0.3 is 0 Å². The van der Waals surface area contributed by atoms with Gasteiger partial charge in [-0.1, -0.05) is 182 Å². The summed E-state index contributed by atoms with van der Waals surface area (Å²) >= 11 is 0. The molecule has 0 N–H and O–H groups in total. The average Bonchev–Trinajstić information content (AvgIpc) is 3.27. The van der Waals surface area contributed by atoms with Gasteiger partial charge in [0.2, 0.25) is 0 Å². The van der Waals surface area contributed by atoms with Crippen molar-refractivity contribution in [1.29, 1.82) is 0 Å². The lowest BCUT2D eigenvalue weighted by Gasteiger charge is -2.28. The molecule has 0 radical (unpaired) electrons. The van der Waals surface area contributed by atoms with Gasteiger partial charge in [0.05, 0.1) is 5.69 Å². The van der Waals surface area contributed by atoms with Crippen molar-refractivity contribution in [2.45, 2.75) is 0 Å². The second-order valence-corrected chi connectivity index (χ2v) is 14.1. The third-order valence-electron chi connectivity index (χ3n) is 10.8. The fraction of sp³-hybridized carbons (Fsp3) is 0. The highest BCUT2D eigenvalue weighted by atomic mass is 15.1. The lowest BCUT2D eigenvalue weighted by molar-refractivity contribution is 1.30. The predicted molar refractivity (Wildman–Crippen MR) is 235 cm³/mol. The van der Waals surface area contributed by atoms with Gasteiger partial charge in [-0.3, -0.25) is 0 Å². The van der Waals surface area contributed by atoms with E-state index in [1.54, 1.807) is 0 Å². The van der Waals surface area contributed by atoms with Crippen molar-refractivity contribution in [1.82, 2.24) is 0 Å². The molecule has 0 aromatic heterocycles. The van der Waals surface area contributed by atoms with E-state index < -0.39 is 0 Å². The van der Waals surface area contributed by atoms with Crippen molar-refractivity contribution < 1.29 is 0 Å². The summed E-state index contributed by atoms with van der Waals surface area (Å²) in [4.78, 5) is 2.43. The quantitative estimate of drug-likeness (QED) is 0.150. The Morgan fingerprint density at radius 1 is 0.236 bits per heavy atom. The van der Waals surface area contributed by atoms with E-state index in [9.17, 15) is 0 Å². The molecule has 0 fully saturated rings. The number of benzene rings is 10. The Bertz CT molecular complexity index is 2970. The van der Waals surface area contributed by atoms with E-state index in [1.807, 2.05) is 0 Å². The van der Waals surface area contributed by atoms with Gasteiger partial charge in [-0.2, -0.15) is 0 Å². The summed E-state index contributed by atoms with van der Waals surface area (Å²) in [5.74, 6) is 0. The third kappa shape index (κ3) is 6.12. The minimum absolute atomic E-state index is 1.10. The summed E-state index contributed by atoms with van der Waals surface area (Å²) in [5, 5.41) is 7.45. The molecule has 0 saturated carbocycles. The van der Waals surface area contributed by atoms with Gasteiger partial charge in [0, 0.05) is 16.8 Å². The summed E-state index contributed by atoms with van der Waals surface area (Å²) in [6, 6.07) is 81.5. The van der Waals surface area contributed by atoms with Crippen LogP contribution in [0.25, 0.3) is 76.8 Å². The maximum absolute atomic E-state index is 2.43. The van der Waals surface area contributed by atoms with Gasteiger partial charge in [0.25, 0.3) is 0 Å². The molecule has 0 spiro atoms. The van der Waals surface area contributed by atoms with Gasteiger partial charge in [-0.05, 0) is 114 Å². The van der Waals surface area contributed by atoms with Crippen LogP contribution in [0.3, 0.4) is 0 Å². The molecule has 258 valence electrons. The molecule has 0 heterocycles. The van der Waals surface area contributed by atoms with E-state index in [4.69, 9.17) is 0 Å². The Morgan fingerprint density at radius 2 is 0.727 bits per heavy atom. The zero-order valence-electron chi connectivity index (χ0n) is 30.3. The largest absolute Gasteiger partial charge is 0.310 e. The van der Waals surface area contributed by atoms with E-state index in [2.05, 4.69) is 229 Å². The molecule has 10 aromatic carbocycles. The minimum atomic E-state index is 1.10. The SMILES string of the molecule is c1ccc(-c2cccc(-c3ccc(N(c4cccc(-c5cccc(-c6cccc7ccccc67)c5)c4)c4cc5ccccc5c5ccccc45)cc3)c2)cc1. The molecule has 55 heavy (non-hydrogen) atoms. The smallest absolute Gasteiger partial charge is 0.0546 e. The van der Waals surface area contributed by atoms with E-state index >= 15 is 0 Å². The van der Waals surface area contributed by atoms with Gasteiger partial charge in [0.15, 0.2) is 0 Å². The summed E-state index contributed by atoms with van der Waals surface area (Å²) < 4.78 is 0. The molecule has 10 aromatic rings. The Hall–Kier alpha value is -7.22. The van der Waals surface area contributed by atoms with Crippen LogP contribution >= 0.6 is 0 Å². The van der Waals surface area contributed by atoms with Crippen LogP contribution in [-0.4, -0.2) is 0 Å². The van der Waals surface area contributed by atoms with Gasteiger partial charge in [-0.15, -0.1) is 0 Å². The molecule has 0 aliphatic heterocycles. The molecule has 0 atom stereocenters. The molecule has 10 rings (SSSR count). The summed E-state index contributed by atoms with van der Waals surface area (Å²) in [6.07, 6.45) is 0. The van der Waals surface area contributed by atoms with Crippen molar-refractivity contribution in [2.24, 2.45) is 0 Å². The molecule has 0 aliphatic carbocycles. The van der Waals surface area contributed by atoms with Crippen molar-refractivity contribution in [3.63, 3.8) is 0 Å². The fourth-order valence-electron chi connectivity index (χ4n) is 8.13. The van der Waals surface area contributed by atoms with Crippen LogP contribution in [0.15, 0.2) is 224 Å². The lowest BCUT2D eigenvalue weighted by Crippen LogP contribution is -2.10. The Labute approximate surface area is 322 Å². The first-order valence-corrected chi connectivity index (χ1v) is 18.9. The van der Waals surface area contributed by atoms with Crippen molar-refractivity contribution in [3.05, 3.63) is 224 Å². The predicted octanol–water partition coefficient (Wildman–Crippen LogP) is 15.3. The fourth-order valence-corrected chi connectivity index (χ4v) is 8.13. The monoisotopic (exact) mass is 699 g/mol. The zero-order valence-corrected chi connectivity index (χ0v) is 30.3. The molecule has 0 unspecified atom stereocenters. The first-order valence-electron chi connectivity index (χ1n) is 18.9. The van der Waals surface area contributed by atoms with Crippen molar-refractivity contribution >= 4 is 49.4 Å². The number of anilines is 3. The van der Waals surface area contributed by atoms with E-state index in [-0.39, 0.29) is 0 Å². The molecule has 0 aliphatic rings. The first-order chi connectivity index (χ1) is 27.3. The van der Waals surface area contributed by atoms with Crippen LogP contribution in [-0.2, 0) is 0 Å². The minimum Gasteiger partial charge on any atom is -0.310 e. The Morgan fingerprint density at radius 3 is 1.49 bits per heavy atom. The Balaban J connectivity index is 1.11. The van der Waals surface area contributed by atoms with E-state index in [1.165, 1.54) is 76.8 Å². The van der Waals surface area contributed by atoms with Crippen LogP contribution in [0.5, 0.6) is 0 Å². The van der Waals surface area contributed by atoms with Crippen LogP contribution in [0.4, 0.5) is 17.1 Å². The normalized spacial score (nSPS) is 11.3. The number of hydrogen-bond donors (Lipinski definition) is 0. The average molecular weight is 700 g/mol. The molecular weight excluding hydrogens is 663 g/mol. The summed E-state index contributed by atoms with van der Waals surface area (Å²) in [6.45, 7) is 0. The lowest BCUT2D eigenvalue weighted by atomic mass is 9.95. The Kier molecular flexibility index (Phi) is 8.24. The molecular formula is C54H37N. The number of nitrogens with zero attached hydrogens (tertiary/aromatic N) is 1. The van der Waals surface area contributed by atoms with Crippen LogP contribution in [0, 0.1) is 0 Å². The van der Waals surface area contributed by atoms with Gasteiger partial charge in [-0.25, -0.2) is 0 Å². The standard InChI is InChI=1S/C54H37N/c1-2-14-38(15-3-1)41-19-10-20-42(34-41)39-30-32-47(33-31-39)55(54-37-46-17-5-7-26-51(46)52-27-8-9-28-53(52)54)48-24-12-22-44(36-48)43-21-11-23-45(35-43)50-29-13-18-40-16-4-6-25-49(40)50/h1-37H. The molecule has 1 nitrogen and oxygen atoms in total. The van der Waals surface area contributed by atoms with E-state index in [0.29, 0.717) is 0 Å². The number of rotatable bonds is 7. The third-order valence-corrected chi connectivity index (χ3v) is 10.8. The maximum atomic E-state index is 2.43. The molecule has 0 amide bonds. The molecule has 1 heteroatoms. The molecule has 0 bridgehead atoms. The van der Waals surface area contributed by atoms with Gasteiger partial charge < -0.3 is 4.90 Å². The number of fused-ring (bicyclic) bond motifs is 4. The van der Waals surface area contributed by atoms with Gasteiger partial charge in [0.1, 0.15) is 0 Å². The second kappa shape index (κ2) is 14.0. The maximum Gasteiger partial charge on any atom is 0.0546 e. The van der Waals surface area contributed by atoms with Crippen LogP contribution in [0.1, 0.15) is 0 Å². The first kappa shape index (κ1) is 32.4. The van der Waals surface area contributed by atoms with Crippen molar-refractivity contribution in [2.75, 3.05) is 4.90 Å². The number of hydrogen-bond acceptors (Lipinski definition) is 1. The summed E-state index contributed by atoms with van der Waals surface area (Å²) in [7, 11) is 0. The van der Waals surface area contributed by atoms with Crippen LogP contribution < -0.4 is 4.90 Å². The topological polar surface area (TPSA) is 3.24 Å². The van der Waals surface area contributed by atoms with Crippen molar-refractivity contribution in [3.8, 4) is 44.5 Å².